The Balaban J connectivity index is 1.63. The minimum atomic E-state index is -0.416. The lowest BCUT2D eigenvalue weighted by atomic mass is 10.1. The first-order valence-electron chi connectivity index (χ1n) is 7.34. The van der Waals surface area contributed by atoms with Crippen molar-refractivity contribution in [2.75, 3.05) is 25.1 Å². The van der Waals surface area contributed by atoms with E-state index in [1.54, 1.807) is 0 Å². The van der Waals surface area contributed by atoms with E-state index in [-0.39, 0.29) is 12.7 Å². The molecule has 2 rings (SSSR count). The second-order valence-electron chi connectivity index (χ2n) is 5.69. The van der Waals surface area contributed by atoms with E-state index < -0.39 is 5.79 Å². The summed E-state index contributed by atoms with van der Waals surface area (Å²) in [6.45, 7) is 5.74. The Hall–Kier alpha value is -1.10. The summed E-state index contributed by atoms with van der Waals surface area (Å²) in [5.41, 5.74) is 2.28. The number of hydrogen-bond donors (Lipinski definition) is 2. The van der Waals surface area contributed by atoms with E-state index in [2.05, 4.69) is 29.6 Å². The van der Waals surface area contributed by atoms with Crippen molar-refractivity contribution in [2.45, 2.75) is 45.0 Å². The molecular formula is C16H25NO3. The summed E-state index contributed by atoms with van der Waals surface area (Å²) < 4.78 is 11.3. The molecule has 0 aliphatic carbocycles. The summed E-state index contributed by atoms with van der Waals surface area (Å²) >= 11 is 0. The lowest BCUT2D eigenvalue weighted by molar-refractivity contribution is -0.138. The van der Waals surface area contributed by atoms with Gasteiger partial charge in [0, 0.05) is 18.8 Å². The highest BCUT2D eigenvalue weighted by molar-refractivity contribution is 5.44. The summed E-state index contributed by atoms with van der Waals surface area (Å²) in [6, 6.07) is 8.22. The zero-order valence-electron chi connectivity index (χ0n) is 12.4. The largest absolute Gasteiger partial charge is 0.396 e. The van der Waals surface area contributed by atoms with E-state index in [1.807, 2.05) is 13.8 Å². The molecule has 0 amide bonds. The van der Waals surface area contributed by atoms with Gasteiger partial charge in [-0.05, 0) is 50.8 Å². The van der Waals surface area contributed by atoms with Crippen molar-refractivity contribution >= 4 is 5.69 Å². The second kappa shape index (κ2) is 7.07. The Bertz CT molecular complexity index is 403. The molecular weight excluding hydrogens is 254 g/mol. The van der Waals surface area contributed by atoms with Crippen molar-refractivity contribution in [1.82, 2.24) is 0 Å². The van der Waals surface area contributed by atoms with Gasteiger partial charge in [0.05, 0.1) is 12.7 Å². The molecule has 1 aromatic rings. The molecule has 1 aliphatic rings. The standard InChI is InChI=1S/C16H25NO3/c1-16(2)19-12-15(20-16)4-3-10-17-14-7-5-13(6-8-14)9-11-18/h5-8,15,17-18H,3-4,9-12H2,1-2H3. The molecule has 4 nitrogen and oxygen atoms in total. The van der Waals surface area contributed by atoms with Crippen LogP contribution in [0.2, 0.25) is 0 Å². The average Bonchev–Trinajstić information content (AvgIpc) is 2.76. The van der Waals surface area contributed by atoms with Gasteiger partial charge in [0.2, 0.25) is 0 Å². The Morgan fingerprint density at radius 1 is 1.30 bits per heavy atom. The molecule has 1 heterocycles. The third-order valence-electron chi connectivity index (χ3n) is 3.45. The lowest BCUT2D eigenvalue weighted by Gasteiger charge is -2.17. The molecule has 0 radical (unpaired) electrons. The topological polar surface area (TPSA) is 50.7 Å². The first-order chi connectivity index (χ1) is 9.59. The molecule has 1 atom stereocenters. The molecule has 1 aromatic carbocycles. The minimum absolute atomic E-state index is 0.201. The number of anilines is 1. The molecule has 0 aromatic heterocycles. The molecule has 2 N–H and O–H groups in total. The third-order valence-corrected chi connectivity index (χ3v) is 3.45. The number of nitrogens with one attached hydrogen (secondary N) is 1. The van der Waals surface area contributed by atoms with Gasteiger partial charge in [-0.3, -0.25) is 0 Å². The van der Waals surface area contributed by atoms with Gasteiger partial charge in [-0.2, -0.15) is 0 Å². The van der Waals surface area contributed by atoms with Crippen LogP contribution in [0.4, 0.5) is 5.69 Å². The Kier molecular flexibility index (Phi) is 5.40. The van der Waals surface area contributed by atoms with Gasteiger partial charge in [0.15, 0.2) is 5.79 Å². The van der Waals surface area contributed by atoms with Crippen molar-refractivity contribution in [2.24, 2.45) is 0 Å². The van der Waals surface area contributed by atoms with Gasteiger partial charge < -0.3 is 19.9 Å². The SMILES string of the molecule is CC1(C)OCC(CCCNc2ccc(CCO)cc2)O1. The van der Waals surface area contributed by atoms with Gasteiger partial charge in [0.25, 0.3) is 0 Å². The number of hydrogen-bond acceptors (Lipinski definition) is 4. The van der Waals surface area contributed by atoms with E-state index in [4.69, 9.17) is 14.6 Å². The van der Waals surface area contributed by atoms with Gasteiger partial charge >= 0.3 is 0 Å². The van der Waals surface area contributed by atoms with Crippen LogP contribution in [0, 0.1) is 0 Å². The van der Waals surface area contributed by atoms with Crippen LogP contribution in [0.5, 0.6) is 0 Å². The van der Waals surface area contributed by atoms with Crippen LogP contribution in [0.15, 0.2) is 24.3 Å². The van der Waals surface area contributed by atoms with Gasteiger partial charge in [-0.1, -0.05) is 12.1 Å². The fourth-order valence-electron chi connectivity index (χ4n) is 2.39. The number of aliphatic hydroxyl groups is 1. The van der Waals surface area contributed by atoms with Crippen molar-refractivity contribution in [3.05, 3.63) is 29.8 Å². The van der Waals surface area contributed by atoms with E-state index in [0.29, 0.717) is 6.61 Å². The summed E-state index contributed by atoms with van der Waals surface area (Å²) in [4.78, 5) is 0. The summed E-state index contributed by atoms with van der Waals surface area (Å²) in [7, 11) is 0. The zero-order valence-corrected chi connectivity index (χ0v) is 12.4. The van der Waals surface area contributed by atoms with Gasteiger partial charge in [0.1, 0.15) is 0 Å². The molecule has 1 unspecified atom stereocenters. The molecule has 0 bridgehead atoms. The van der Waals surface area contributed by atoms with Gasteiger partial charge in [-0.15, -0.1) is 0 Å². The fourth-order valence-corrected chi connectivity index (χ4v) is 2.39. The average molecular weight is 279 g/mol. The number of rotatable bonds is 7. The Labute approximate surface area is 121 Å². The van der Waals surface area contributed by atoms with Crippen LogP contribution < -0.4 is 5.32 Å². The van der Waals surface area contributed by atoms with E-state index in [1.165, 1.54) is 0 Å². The second-order valence-corrected chi connectivity index (χ2v) is 5.69. The van der Waals surface area contributed by atoms with Crippen LogP contribution in [-0.2, 0) is 15.9 Å². The monoisotopic (exact) mass is 279 g/mol. The summed E-state index contributed by atoms with van der Waals surface area (Å²) in [6.07, 6.45) is 3.01. The quantitative estimate of drug-likeness (QED) is 0.753. The predicted molar refractivity (Wildman–Crippen MR) is 79.9 cm³/mol. The van der Waals surface area contributed by atoms with E-state index >= 15 is 0 Å². The molecule has 1 fully saturated rings. The number of aliphatic hydroxyl groups excluding tert-OH is 1. The molecule has 1 saturated heterocycles. The van der Waals surface area contributed by atoms with Crippen molar-refractivity contribution in [1.29, 1.82) is 0 Å². The van der Waals surface area contributed by atoms with Crippen LogP contribution >= 0.6 is 0 Å². The first-order valence-corrected chi connectivity index (χ1v) is 7.34. The van der Waals surface area contributed by atoms with Crippen molar-refractivity contribution in [3.63, 3.8) is 0 Å². The maximum Gasteiger partial charge on any atom is 0.163 e. The molecule has 0 spiro atoms. The molecule has 20 heavy (non-hydrogen) atoms. The number of ether oxygens (including phenoxy) is 2. The summed E-state index contributed by atoms with van der Waals surface area (Å²) in [5, 5.41) is 12.3. The molecule has 4 heteroatoms. The maximum absolute atomic E-state index is 8.87. The molecule has 112 valence electrons. The number of benzene rings is 1. The minimum Gasteiger partial charge on any atom is -0.396 e. The van der Waals surface area contributed by atoms with E-state index in [9.17, 15) is 0 Å². The highest BCUT2D eigenvalue weighted by Crippen LogP contribution is 2.24. The smallest absolute Gasteiger partial charge is 0.163 e. The van der Waals surface area contributed by atoms with Crippen molar-refractivity contribution < 1.29 is 14.6 Å². The normalized spacial score (nSPS) is 21.1. The van der Waals surface area contributed by atoms with Crippen LogP contribution in [-0.4, -0.2) is 36.8 Å². The first kappa shape index (κ1) is 15.3. The Morgan fingerprint density at radius 3 is 2.65 bits per heavy atom. The summed E-state index contributed by atoms with van der Waals surface area (Å²) in [5.74, 6) is -0.416. The van der Waals surface area contributed by atoms with Crippen molar-refractivity contribution in [3.8, 4) is 0 Å². The van der Waals surface area contributed by atoms with Crippen LogP contribution in [0.3, 0.4) is 0 Å². The molecule has 1 aliphatic heterocycles. The maximum atomic E-state index is 8.87. The Morgan fingerprint density at radius 2 is 2.05 bits per heavy atom. The zero-order chi connectivity index (χ0) is 14.4. The predicted octanol–water partition coefficient (Wildman–Crippen LogP) is 2.57. The third kappa shape index (κ3) is 4.78. The molecule has 0 saturated carbocycles. The highest BCUT2D eigenvalue weighted by atomic mass is 16.7. The van der Waals surface area contributed by atoms with Crippen LogP contribution in [0.1, 0.15) is 32.3 Å². The van der Waals surface area contributed by atoms with E-state index in [0.717, 1.165) is 37.1 Å². The van der Waals surface area contributed by atoms with Crippen LogP contribution in [0.25, 0.3) is 0 Å². The van der Waals surface area contributed by atoms with Gasteiger partial charge in [-0.25, -0.2) is 0 Å². The lowest BCUT2D eigenvalue weighted by Crippen LogP contribution is -2.21. The fraction of sp³-hybridized carbons (Fsp3) is 0.625. The highest BCUT2D eigenvalue weighted by Gasteiger charge is 2.31.